The molecule has 0 spiro atoms. The van der Waals surface area contributed by atoms with Crippen LogP contribution in [0.1, 0.15) is 30.4 Å². The number of nitrogens with one attached hydrogen (secondary N) is 1. The summed E-state index contributed by atoms with van der Waals surface area (Å²) in [5.41, 5.74) is 1.48. The summed E-state index contributed by atoms with van der Waals surface area (Å²) in [5.74, 6) is 0.533. The van der Waals surface area contributed by atoms with E-state index < -0.39 is 11.7 Å². The molecule has 1 saturated heterocycles. The zero-order chi connectivity index (χ0) is 18.6. The molecule has 1 heterocycles. The van der Waals surface area contributed by atoms with Crippen LogP contribution in [-0.2, 0) is 6.18 Å². The lowest BCUT2D eigenvalue weighted by Crippen LogP contribution is -3.14. The molecule has 0 aliphatic carbocycles. The van der Waals surface area contributed by atoms with E-state index in [1.54, 1.807) is 6.07 Å². The number of alkyl halides is 3. The first-order valence-corrected chi connectivity index (χ1v) is 9.24. The second-order valence-corrected chi connectivity index (χ2v) is 7.14. The minimum absolute atomic E-state index is 0.533. The Labute approximate surface area is 153 Å². The zero-order valence-corrected chi connectivity index (χ0v) is 15.1. The summed E-state index contributed by atoms with van der Waals surface area (Å²) >= 11 is 0. The molecule has 2 aromatic carbocycles. The minimum atomic E-state index is -4.28. The van der Waals surface area contributed by atoms with Gasteiger partial charge in [-0.2, -0.15) is 13.2 Å². The van der Waals surface area contributed by atoms with Gasteiger partial charge in [0.1, 0.15) is 0 Å². The van der Waals surface area contributed by atoms with Crippen LogP contribution in [0.25, 0.3) is 0 Å². The number of hydrogen-bond acceptors (Lipinski definition) is 1. The molecule has 3 rings (SSSR count). The maximum absolute atomic E-state index is 12.9. The highest BCUT2D eigenvalue weighted by Crippen LogP contribution is 2.31. The Morgan fingerprint density at radius 2 is 1.69 bits per heavy atom. The van der Waals surface area contributed by atoms with Crippen LogP contribution in [0, 0.1) is 0 Å². The maximum Gasteiger partial charge on any atom is 0.416 e. The van der Waals surface area contributed by atoms with Crippen molar-refractivity contribution in [3.63, 3.8) is 0 Å². The number of quaternary nitrogens is 1. The van der Waals surface area contributed by atoms with Crippen molar-refractivity contribution in [2.24, 2.45) is 0 Å². The van der Waals surface area contributed by atoms with Crippen molar-refractivity contribution in [1.82, 2.24) is 0 Å². The van der Waals surface area contributed by atoms with Crippen molar-refractivity contribution in [2.75, 3.05) is 37.6 Å². The number of halogens is 3. The van der Waals surface area contributed by atoms with Crippen LogP contribution in [0.3, 0.4) is 0 Å². The maximum atomic E-state index is 12.9. The zero-order valence-electron chi connectivity index (χ0n) is 15.1. The largest absolute Gasteiger partial charge is 0.416 e. The SMILES string of the molecule is C[C@H](CC[NH+]1CCN(c2cccc(C(F)(F)F)c2)CC1)c1ccccc1. The van der Waals surface area contributed by atoms with E-state index in [1.807, 2.05) is 6.07 Å². The molecule has 0 amide bonds. The quantitative estimate of drug-likeness (QED) is 0.853. The van der Waals surface area contributed by atoms with Gasteiger partial charge in [0.2, 0.25) is 0 Å². The molecule has 1 aliphatic rings. The fourth-order valence-corrected chi connectivity index (χ4v) is 3.58. The molecule has 2 nitrogen and oxygen atoms in total. The van der Waals surface area contributed by atoms with Crippen LogP contribution >= 0.6 is 0 Å². The van der Waals surface area contributed by atoms with Crippen molar-refractivity contribution in [2.45, 2.75) is 25.4 Å². The number of benzene rings is 2. The number of rotatable bonds is 5. The summed E-state index contributed by atoms with van der Waals surface area (Å²) in [6.45, 7) is 6.91. The average Bonchev–Trinajstić information content (AvgIpc) is 2.66. The van der Waals surface area contributed by atoms with Crippen LogP contribution in [0.5, 0.6) is 0 Å². The molecular weight excluding hydrogens is 337 g/mol. The van der Waals surface area contributed by atoms with Gasteiger partial charge in [-0.1, -0.05) is 43.3 Å². The molecule has 26 heavy (non-hydrogen) atoms. The third-order valence-electron chi connectivity index (χ3n) is 5.31. The van der Waals surface area contributed by atoms with Crippen molar-refractivity contribution in [1.29, 1.82) is 0 Å². The van der Waals surface area contributed by atoms with Gasteiger partial charge in [0.25, 0.3) is 0 Å². The van der Waals surface area contributed by atoms with Gasteiger partial charge in [-0.25, -0.2) is 0 Å². The fourth-order valence-electron chi connectivity index (χ4n) is 3.58. The van der Waals surface area contributed by atoms with Gasteiger partial charge >= 0.3 is 6.18 Å². The molecular formula is C21H26F3N2+. The van der Waals surface area contributed by atoms with Gasteiger partial charge < -0.3 is 9.80 Å². The first kappa shape index (κ1) is 18.8. The Hall–Kier alpha value is -2.01. The summed E-state index contributed by atoms with van der Waals surface area (Å²) in [6.07, 6.45) is -3.15. The molecule has 0 aromatic heterocycles. The molecule has 0 radical (unpaired) electrons. The van der Waals surface area contributed by atoms with Gasteiger partial charge in [0.15, 0.2) is 0 Å². The van der Waals surface area contributed by atoms with E-state index >= 15 is 0 Å². The monoisotopic (exact) mass is 363 g/mol. The predicted octanol–water partition coefficient (Wildman–Crippen LogP) is 3.60. The first-order chi connectivity index (χ1) is 12.4. The van der Waals surface area contributed by atoms with E-state index in [-0.39, 0.29) is 0 Å². The highest BCUT2D eigenvalue weighted by atomic mass is 19.4. The van der Waals surface area contributed by atoms with Crippen molar-refractivity contribution in [3.8, 4) is 0 Å². The third-order valence-corrected chi connectivity index (χ3v) is 5.31. The molecule has 0 bridgehead atoms. The second-order valence-electron chi connectivity index (χ2n) is 7.14. The summed E-state index contributed by atoms with van der Waals surface area (Å²) in [7, 11) is 0. The van der Waals surface area contributed by atoms with E-state index in [0.717, 1.165) is 45.2 Å². The number of nitrogens with zero attached hydrogens (tertiary/aromatic N) is 1. The summed E-state index contributed by atoms with van der Waals surface area (Å²) in [4.78, 5) is 3.61. The molecule has 1 atom stereocenters. The molecule has 1 N–H and O–H groups in total. The topological polar surface area (TPSA) is 7.68 Å². The van der Waals surface area contributed by atoms with Crippen LogP contribution < -0.4 is 9.80 Å². The van der Waals surface area contributed by atoms with E-state index in [4.69, 9.17) is 0 Å². The Bertz CT molecular complexity index is 692. The molecule has 140 valence electrons. The van der Waals surface area contributed by atoms with Gasteiger partial charge in [-0.05, 0) is 29.7 Å². The lowest BCUT2D eigenvalue weighted by molar-refractivity contribution is -0.901. The smallest absolute Gasteiger partial charge is 0.360 e. The Balaban J connectivity index is 1.50. The summed E-state index contributed by atoms with van der Waals surface area (Å²) in [5, 5.41) is 0. The minimum Gasteiger partial charge on any atom is -0.360 e. The van der Waals surface area contributed by atoms with Crippen LogP contribution in [0.15, 0.2) is 54.6 Å². The molecule has 0 unspecified atom stereocenters. The van der Waals surface area contributed by atoms with Gasteiger partial charge in [0, 0.05) is 12.1 Å². The fraction of sp³-hybridized carbons (Fsp3) is 0.429. The molecule has 1 aliphatic heterocycles. The summed E-state index contributed by atoms with van der Waals surface area (Å²) in [6, 6.07) is 16.2. The predicted molar refractivity (Wildman–Crippen MR) is 98.7 cm³/mol. The van der Waals surface area contributed by atoms with E-state index in [0.29, 0.717) is 11.6 Å². The number of piperazine rings is 1. The van der Waals surface area contributed by atoms with Crippen LogP contribution in [-0.4, -0.2) is 32.7 Å². The highest BCUT2D eigenvalue weighted by Gasteiger charge is 2.31. The standard InChI is InChI=1S/C21H25F3N2/c1-17(18-6-3-2-4-7-18)10-11-25-12-14-26(15-13-25)20-9-5-8-19(16-20)21(22,23)24/h2-9,16-17H,10-15H2,1H3/p+1/t17-/m1/s1. The van der Waals surface area contributed by atoms with Gasteiger partial charge in [-0.15, -0.1) is 0 Å². The average molecular weight is 363 g/mol. The van der Waals surface area contributed by atoms with Crippen molar-refractivity contribution >= 4 is 5.69 Å². The van der Waals surface area contributed by atoms with Crippen molar-refractivity contribution in [3.05, 3.63) is 65.7 Å². The first-order valence-electron chi connectivity index (χ1n) is 9.24. The van der Waals surface area contributed by atoms with E-state index in [2.05, 4.69) is 36.1 Å². The van der Waals surface area contributed by atoms with Gasteiger partial charge in [0.05, 0.1) is 38.3 Å². The Kier molecular flexibility index (Phi) is 5.87. The van der Waals surface area contributed by atoms with Crippen LogP contribution in [0.2, 0.25) is 0 Å². The lowest BCUT2D eigenvalue weighted by atomic mass is 9.97. The molecule has 2 aromatic rings. The highest BCUT2D eigenvalue weighted by molar-refractivity contribution is 5.49. The van der Waals surface area contributed by atoms with E-state index in [1.165, 1.54) is 22.6 Å². The molecule has 5 heteroatoms. The third kappa shape index (κ3) is 4.79. The van der Waals surface area contributed by atoms with Crippen LogP contribution in [0.4, 0.5) is 18.9 Å². The van der Waals surface area contributed by atoms with Crippen molar-refractivity contribution < 1.29 is 18.1 Å². The normalized spacial score (nSPS) is 17.3. The number of hydrogen-bond donors (Lipinski definition) is 1. The Morgan fingerprint density at radius 3 is 2.35 bits per heavy atom. The van der Waals surface area contributed by atoms with Gasteiger partial charge in [-0.3, -0.25) is 0 Å². The molecule has 1 fully saturated rings. The Morgan fingerprint density at radius 1 is 1.00 bits per heavy atom. The molecule has 0 saturated carbocycles. The summed E-state index contributed by atoms with van der Waals surface area (Å²) < 4.78 is 38.7. The second kappa shape index (κ2) is 8.12. The van der Waals surface area contributed by atoms with E-state index in [9.17, 15) is 13.2 Å². The lowest BCUT2D eigenvalue weighted by Gasteiger charge is -2.34. The number of anilines is 1.